The van der Waals surface area contributed by atoms with Crippen LogP contribution in [0.2, 0.25) is 5.02 Å². The van der Waals surface area contributed by atoms with Gasteiger partial charge in [-0.25, -0.2) is 4.98 Å². The highest BCUT2D eigenvalue weighted by molar-refractivity contribution is 6.33. The minimum Gasteiger partial charge on any atom is -0.395 e. The first-order valence-electron chi connectivity index (χ1n) is 5.27. The van der Waals surface area contributed by atoms with Crippen LogP contribution in [0.1, 0.15) is 11.1 Å². The quantitative estimate of drug-likeness (QED) is 0.873. The zero-order chi connectivity index (χ0) is 13.8. The molecule has 6 heteroatoms. The van der Waals surface area contributed by atoms with Crippen LogP contribution in [0.4, 0.5) is 17.2 Å². The van der Waals surface area contributed by atoms with Crippen LogP contribution in [0.25, 0.3) is 0 Å². The van der Waals surface area contributed by atoms with E-state index in [1.54, 1.807) is 12.1 Å². The first kappa shape index (κ1) is 12.7. The normalized spacial score (nSPS) is 9.42. The lowest BCUT2D eigenvalue weighted by atomic mass is 10.2. The van der Waals surface area contributed by atoms with Crippen molar-refractivity contribution in [2.45, 2.75) is 0 Å². The average Bonchev–Trinajstić information content (AvgIpc) is 2.43. The summed E-state index contributed by atoms with van der Waals surface area (Å²) in [6, 6.07) is 10.3. The van der Waals surface area contributed by atoms with Gasteiger partial charge in [-0.05, 0) is 24.3 Å². The van der Waals surface area contributed by atoms with Gasteiger partial charge in [0.25, 0.3) is 0 Å². The van der Waals surface area contributed by atoms with E-state index in [0.717, 1.165) is 0 Å². The molecule has 0 spiro atoms. The maximum atomic E-state index is 8.88. The van der Waals surface area contributed by atoms with Crippen molar-refractivity contribution in [3.63, 3.8) is 0 Å². The van der Waals surface area contributed by atoms with Crippen LogP contribution in [0.5, 0.6) is 0 Å². The molecule has 0 aliphatic carbocycles. The summed E-state index contributed by atoms with van der Waals surface area (Å²) in [5.74, 6) is 0.352. The topological polar surface area (TPSA) is 98.5 Å². The molecule has 1 aromatic heterocycles. The van der Waals surface area contributed by atoms with Gasteiger partial charge in [-0.3, -0.25) is 0 Å². The third-order valence-corrected chi connectivity index (χ3v) is 2.77. The van der Waals surface area contributed by atoms with Crippen molar-refractivity contribution in [1.82, 2.24) is 4.98 Å². The van der Waals surface area contributed by atoms with Crippen LogP contribution >= 0.6 is 11.6 Å². The molecule has 2 aromatic rings. The van der Waals surface area contributed by atoms with Crippen LogP contribution in [0, 0.1) is 22.7 Å². The van der Waals surface area contributed by atoms with Crippen molar-refractivity contribution in [2.24, 2.45) is 0 Å². The van der Waals surface area contributed by atoms with E-state index in [9.17, 15) is 0 Å². The molecule has 0 amide bonds. The van der Waals surface area contributed by atoms with Gasteiger partial charge in [-0.2, -0.15) is 10.5 Å². The molecule has 2 rings (SSSR count). The average molecular weight is 270 g/mol. The van der Waals surface area contributed by atoms with Gasteiger partial charge in [0.2, 0.25) is 0 Å². The number of pyridine rings is 1. The van der Waals surface area contributed by atoms with E-state index in [2.05, 4.69) is 10.3 Å². The van der Waals surface area contributed by atoms with Crippen molar-refractivity contribution in [2.75, 3.05) is 11.1 Å². The zero-order valence-corrected chi connectivity index (χ0v) is 10.4. The van der Waals surface area contributed by atoms with Crippen LogP contribution in [0.15, 0.2) is 30.5 Å². The van der Waals surface area contributed by atoms with E-state index in [0.29, 0.717) is 27.7 Å². The van der Waals surface area contributed by atoms with Gasteiger partial charge in [0.05, 0.1) is 33.6 Å². The second-order valence-corrected chi connectivity index (χ2v) is 4.07. The molecule has 92 valence electrons. The Morgan fingerprint density at radius 3 is 2.63 bits per heavy atom. The van der Waals surface area contributed by atoms with E-state index in [1.807, 2.05) is 12.1 Å². The molecule has 0 saturated carbocycles. The summed E-state index contributed by atoms with van der Waals surface area (Å²) in [5.41, 5.74) is 7.42. The number of nitrogens with two attached hydrogens (primary N) is 1. The summed E-state index contributed by atoms with van der Waals surface area (Å²) in [4.78, 5) is 4.05. The van der Waals surface area contributed by atoms with Crippen LogP contribution in [0.3, 0.4) is 0 Å². The smallest absolute Gasteiger partial charge is 0.154 e. The summed E-state index contributed by atoms with van der Waals surface area (Å²) >= 11 is 6.04. The fraction of sp³-hybridized carbons (Fsp3) is 0. The minimum absolute atomic E-state index is 0.255. The molecule has 0 bridgehead atoms. The number of nitriles is 2. The highest BCUT2D eigenvalue weighted by Crippen LogP contribution is 2.28. The molecule has 0 unspecified atom stereocenters. The predicted octanol–water partition coefficient (Wildman–Crippen LogP) is 2.80. The van der Waals surface area contributed by atoms with Crippen LogP contribution < -0.4 is 11.1 Å². The summed E-state index contributed by atoms with van der Waals surface area (Å²) in [5, 5.41) is 21.0. The van der Waals surface area contributed by atoms with E-state index >= 15 is 0 Å². The lowest BCUT2D eigenvalue weighted by Crippen LogP contribution is -2.01. The van der Waals surface area contributed by atoms with E-state index in [-0.39, 0.29) is 5.69 Å². The summed E-state index contributed by atoms with van der Waals surface area (Å²) in [6.07, 6.45) is 1.48. The molecule has 0 saturated heterocycles. The summed E-state index contributed by atoms with van der Waals surface area (Å²) in [7, 11) is 0. The standard InChI is InChI=1S/C13H8ClN5/c14-10-5-8(6-15)1-2-11(10)19-13-12(17)9(7-16)3-4-18-13/h1-5H,17H2,(H,18,19). The van der Waals surface area contributed by atoms with Crippen molar-refractivity contribution < 1.29 is 0 Å². The van der Waals surface area contributed by atoms with Gasteiger partial charge in [0.1, 0.15) is 6.07 Å². The molecule has 0 radical (unpaired) electrons. The SMILES string of the molecule is N#Cc1ccc(Nc2nccc(C#N)c2N)c(Cl)c1. The molecular formula is C13H8ClN5. The van der Waals surface area contributed by atoms with Crippen molar-refractivity contribution in [3.05, 3.63) is 46.6 Å². The lowest BCUT2D eigenvalue weighted by Gasteiger charge is -2.10. The number of halogens is 1. The molecule has 5 nitrogen and oxygen atoms in total. The Morgan fingerprint density at radius 1 is 1.21 bits per heavy atom. The third kappa shape index (κ3) is 2.57. The molecule has 0 fully saturated rings. The minimum atomic E-state index is 0.255. The lowest BCUT2D eigenvalue weighted by molar-refractivity contribution is 1.30. The number of nitrogens with one attached hydrogen (secondary N) is 1. The van der Waals surface area contributed by atoms with E-state index in [1.165, 1.54) is 18.3 Å². The van der Waals surface area contributed by atoms with Crippen LogP contribution in [-0.4, -0.2) is 4.98 Å². The number of nitrogen functional groups attached to an aromatic ring is 1. The van der Waals surface area contributed by atoms with Gasteiger partial charge in [-0.15, -0.1) is 0 Å². The fourth-order valence-corrected chi connectivity index (χ4v) is 1.71. The van der Waals surface area contributed by atoms with Gasteiger partial charge in [0, 0.05) is 6.20 Å². The largest absolute Gasteiger partial charge is 0.395 e. The molecule has 0 atom stereocenters. The first-order valence-corrected chi connectivity index (χ1v) is 5.64. The maximum absolute atomic E-state index is 8.88. The Bertz CT molecular complexity index is 712. The Labute approximate surface area is 114 Å². The number of hydrogen-bond donors (Lipinski definition) is 2. The molecule has 0 aliphatic heterocycles. The van der Waals surface area contributed by atoms with Gasteiger partial charge < -0.3 is 11.1 Å². The molecule has 3 N–H and O–H groups in total. The van der Waals surface area contributed by atoms with Gasteiger partial charge in [0.15, 0.2) is 5.82 Å². The van der Waals surface area contributed by atoms with E-state index < -0.39 is 0 Å². The van der Waals surface area contributed by atoms with E-state index in [4.69, 9.17) is 27.9 Å². The van der Waals surface area contributed by atoms with Gasteiger partial charge >= 0.3 is 0 Å². The van der Waals surface area contributed by atoms with Crippen molar-refractivity contribution >= 4 is 28.8 Å². The van der Waals surface area contributed by atoms with Crippen molar-refractivity contribution in [1.29, 1.82) is 10.5 Å². The number of aromatic nitrogens is 1. The summed E-state index contributed by atoms with van der Waals surface area (Å²) < 4.78 is 0. The van der Waals surface area contributed by atoms with Crippen LogP contribution in [-0.2, 0) is 0 Å². The fourth-order valence-electron chi connectivity index (χ4n) is 1.48. The predicted molar refractivity (Wildman–Crippen MR) is 72.8 cm³/mol. The zero-order valence-electron chi connectivity index (χ0n) is 9.68. The van der Waals surface area contributed by atoms with Crippen molar-refractivity contribution in [3.8, 4) is 12.1 Å². The van der Waals surface area contributed by atoms with Gasteiger partial charge in [-0.1, -0.05) is 11.6 Å². The number of rotatable bonds is 2. The highest BCUT2D eigenvalue weighted by Gasteiger charge is 2.08. The Hall–Kier alpha value is -2.76. The molecule has 1 aromatic carbocycles. The summed E-state index contributed by atoms with van der Waals surface area (Å²) in [6.45, 7) is 0. The molecule has 19 heavy (non-hydrogen) atoms. The number of anilines is 3. The number of benzene rings is 1. The molecule has 0 aliphatic rings. The second-order valence-electron chi connectivity index (χ2n) is 3.66. The highest BCUT2D eigenvalue weighted by atomic mass is 35.5. The molecular weight excluding hydrogens is 262 g/mol. The first-order chi connectivity index (χ1) is 9.15. The Balaban J connectivity index is 2.38. The number of hydrogen-bond acceptors (Lipinski definition) is 5. The monoisotopic (exact) mass is 269 g/mol. The third-order valence-electron chi connectivity index (χ3n) is 2.46. The maximum Gasteiger partial charge on any atom is 0.154 e. The molecule has 1 heterocycles. The Kier molecular flexibility index (Phi) is 3.51. The number of nitrogens with zero attached hydrogens (tertiary/aromatic N) is 3. The Morgan fingerprint density at radius 2 is 2.00 bits per heavy atom. The second kappa shape index (κ2) is 5.26.